The molecule has 0 N–H and O–H groups in total. The number of esters is 2. The van der Waals surface area contributed by atoms with Crippen LogP contribution < -0.4 is 10.2 Å². The molecule has 0 heterocycles. The topological polar surface area (TPSA) is 151 Å². The third kappa shape index (κ3) is 40.6. The maximum absolute atomic E-state index is 11.3. The third-order valence-electron chi connectivity index (χ3n) is 11.5. The normalized spacial score (nSPS) is 12.7. The van der Waals surface area contributed by atoms with E-state index in [1.54, 1.807) is 0 Å². The molecule has 11 heteroatoms. The van der Waals surface area contributed by atoms with Crippen LogP contribution >= 0.6 is 0 Å². The fourth-order valence-electron chi connectivity index (χ4n) is 7.89. The molecule has 0 bridgehead atoms. The number of carboxylic acids is 2. The summed E-state index contributed by atoms with van der Waals surface area (Å²) in [5.41, 5.74) is 2.36. The van der Waals surface area contributed by atoms with Crippen LogP contribution in [0.15, 0.2) is 60.7 Å². The zero-order chi connectivity index (χ0) is 46.9. The fourth-order valence-corrected chi connectivity index (χ4v) is 7.89. The molecular formula is C54H86BaO10. The molecule has 2 aromatic carbocycles. The van der Waals surface area contributed by atoms with Crippen LogP contribution in [0.1, 0.15) is 219 Å². The zero-order valence-electron chi connectivity index (χ0n) is 41.1. The Morgan fingerprint density at radius 3 is 0.969 bits per heavy atom. The molecular weight excluding hydrogens is 946 g/mol. The van der Waals surface area contributed by atoms with Crippen molar-refractivity contribution in [2.45, 2.75) is 245 Å². The van der Waals surface area contributed by atoms with Crippen molar-refractivity contribution >= 4 is 72.8 Å². The molecule has 364 valence electrons. The summed E-state index contributed by atoms with van der Waals surface area (Å²) in [4.78, 5) is 43.7. The predicted octanol–water partition coefficient (Wildman–Crippen LogP) is 11.1. The number of benzene rings is 2. The number of aliphatic carboxylic acids is 2. The van der Waals surface area contributed by atoms with Gasteiger partial charge in [0, 0.05) is 25.8 Å². The molecule has 0 saturated carbocycles. The number of unbranched alkanes of at least 4 members (excludes halogenated alkanes) is 12. The van der Waals surface area contributed by atoms with E-state index >= 15 is 0 Å². The number of rotatable bonds is 40. The molecule has 4 atom stereocenters. The molecule has 0 spiro atoms. The summed E-state index contributed by atoms with van der Waals surface area (Å²) >= 11 is 0. The Bertz CT molecular complexity index is 1320. The van der Waals surface area contributed by atoms with Gasteiger partial charge in [0.1, 0.15) is 12.2 Å². The monoisotopic (exact) mass is 1030 g/mol. The molecule has 0 amide bonds. The van der Waals surface area contributed by atoms with Gasteiger partial charge in [-0.1, -0.05) is 164 Å². The van der Waals surface area contributed by atoms with Crippen molar-refractivity contribution in [2.24, 2.45) is 0 Å². The molecule has 2 rings (SSSR count). The van der Waals surface area contributed by atoms with Crippen LogP contribution in [0.2, 0.25) is 0 Å². The summed E-state index contributed by atoms with van der Waals surface area (Å²) in [6, 6.07) is 20.4. The molecule has 65 heavy (non-hydrogen) atoms. The zero-order valence-corrected chi connectivity index (χ0v) is 45.5. The number of hydrogen-bond donors (Lipinski definition) is 0. The minimum atomic E-state index is -0.965. The smallest absolute Gasteiger partial charge is 0.550 e. The van der Waals surface area contributed by atoms with Crippen LogP contribution in [0.25, 0.3) is 0 Å². The summed E-state index contributed by atoms with van der Waals surface area (Å²) in [5.74, 6) is -2.28. The second kappa shape index (κ2) is 44.3. The predicted molar refractivity (Wildman–Crippen MR) is 258 cm³/mol. The van der Waals surface area contributed by atoms with Crippen molar-refractivity contribution in [3.05, 3.63) is 71.8 Å². The van der Waals surface area contributed by atoms with Crippen LogP contribution in [0.5, 0.6) is 0 Å². The Balaban J connectivity index is 0.00000124. The van der Waals surface area contributed by atoms with Gasteiger partial charge < -0.3 is 38.7 Å². The Morgan fingerprint density at radius 2 is 0.692 bits per heavy atom. The fraction of sp³-hybridized carbons (Fsp3) is 0.704. The molecule has 0 saturated heterocycles. The van der Waals surface area contributed by atoms with E-state index < -0.39 is 11.9 Å². The van der Waals surface area contributed by atoms with Crippen molar-refractivity contribution in [2.75, 3.05) is 0 Å². The van der Waals surface area contributed by atoms with Crippen LogP contribution in [0, 0.1) is 0 Å². The van der Waals surface area contributed by atoms with Gasteiger partial charge in [-0.25, -0.2) is 0 Å². The van der Waals surface area contributed by atoms with Crippen LogP contribution in [0.4, 0.5) is 0 Å². The quantitative estimate of drug-likeness (QED) is 0.0358. The summed E-state index contributed by atoms with van der Waals surface area (Å²) < 4.78 is 23.3. The first-order chi connectivity index (χ1) is 31.0. The van der Waals surface area contributed by atoms with Crippen LogP contribution in [-0.2, 0) is 51.3 Å². The first kappa shape index (κ1) is 62.8. The summed E-state index contributed by atoms with van der Waals surface area (Å²) in [6.07, 6.45) is 27.1. The summed E-state index contributed by atoms with van der Waals surface area (Å²) in [7, 11) is 0. The van der Waals surface area contributed by atoms with Crippen molar-refractivity contribution in [1.82, 2.24) is 0 Å². The molecule has 0 aliphatic rings. The first-order valence-electron chi connectivity index (χ1n) is 25.1. The molecule has 0 fully saturated rings. The number of carbonyl (C=O) groups is 4. The molecule has 0 aliphatic carbocycles. The second-order valence-corrected chi connectivity index (χ2v) is 17.5. The Hall–Kier alpha value is -2.19. The maximum Gasteiger partial charge on any atom is 2.00 e. The van der Waals surface area contributed by atoms with E-state index in [0.29, 0.717) is 26.1 Å². The first-order valence-corrected chi connectivity index (χ1v) is 25.1. The molecule has 10 nitrogen and oxygen atoms in total. The SMILES string of the molecule is CCCCC(CCCCCCC(CCCCCC(=O)[O-])OCc1ccccc1)OC(C)=O.CCCCC(CCCCCCC(CCCCCC(=O)[O-])OCc1ccccc1)OC(C)=O.[Ba+2]. The minimum Gasteiger partial charge on any atom is -0.550 e. The van der Waals surface area contributed by atoms with Gasteiger partial charge in [0.2, 0.25) is 0 Å². The Kier molecular flexibility index (Phi) is 42.8. The Morgan fingerprint density at radius 1 is 0.415 bits per heavy atom. The van der Waals surface area contributed by atoms with Gasteiger partial charge >= 0.3 is 60.8 Å². The average Bonchev–Trinajstić information content (AvgIpc) is 3.27. The van der Waals surface area contributed by atoms with Crippen LogP contribution in [0.3, 0.4) is 0 Å². The van der Waals surface area contributed by atoms with Crippen molar-refractivity contribution < 1.29 is 48.3 Å². The number of ether oxygens (including phenoxy) is 4. The van der Waals surface area contributed by atoms with E-state index in [1.807, 2.05) is 36.4 Å². The van der Waals surface area contributed by atoms with Crippen molar-refractivity contribution in [3.8, 4) is 0 Å². The van der Waals surface area contributed by atoms with E-state index in [9.17, 15) is 29.4 Å². The van der Waals surface area contributed by atoms with E-state index in [2.05, 4.69) is 38.1 Å². The third-order valence-corrected chi connectivity index (χ3v) is 11.5. The van der Waals surface area contributed by atoms with Gasteiger partial charge in [0.15, 0.2) is 0 Å². The Labute approximate surface area is 434 Å². The van der Waals surface area contributed by atoms with E-state index in [1.165, 1.54) is 25.0 Å². The molecule has 2 aromatic rings. The van der Waals surface area contributed by atoms with E-state index in [0.717, 1.165) is 154 Å². The maximum atomic E-state index is 11.3. The molecule has 0 aliphatic heterocycles. The van der Waals surface area contributed by atoms with E-state index in [4.69, 9.17) is 18.9 Å². The average molecular weight is 1030 g/mol. The summed E-state index contributed by atoms with van der Waals surface area (Å²) in [6.45, 7) is 8.53. The largest absolute Gasteiger partial charge is 2.00 e. The van der Waals surface area contributed by atoms with Gasteiger partial charge in [-0.05, 0) is 101 Å². The van der Waals surface area contributed by atoms with Crippen molar-refractivity contribution in [1.29, 1.82) is 0 Å². The van der Waals surface area contributed by atoms with Gasteiger partial charge in [0.25, 0.3) is 0 Å². The number of hydrogen-bond acceptors (Lipinski definition) is 10. The van der Waals surface area contributed by atoms with Gasteiger partial charge in [0.05, 0.1) is 25.4 Å². The van der Waals surface area contributed by atoms with E-state index in [-0.39, 0.29) is 98.1 Å². The van der Waals surface area contributed by atoms with Crippen molar-refractivity contribution in [3.63, 3.8) is 0 Å². The molecule has 0 radical (unpaired) electrons. The number of carboxylic acid groups (broad SMARTS) is 2. The van der Waals surface area contributed by atoms with Gasteiger partial charge in [-0.15, -0.1) is 0 Å². The standard InChI is InChI=1S/2C27H44O5.Ba/c2*1-3-4-17-26(32-23(2)28)20-12-6-5-11-18-25(19-13-8-14-21-27(29)30)31-22-24-15-9-7-10-16-24;/h2*7,9-10,15-16,25-26H,3-6,8,11-14,17-22H2,1-2H3,(H,29,30);/q;;+2/p-2. The van der Waals surface area contributed by atoms with Gasteiger partial charge in [-0.2, -0.15) is 0 Å². The second-order valence-electron chi connectivity index (χ2n) is 17.5. The van der Waals surface area contributed by atoms with Crippen LogP contribution in [-0.4, -0.2) is 97.2 Å². The van der Waals surface area contributed by atoms with Gasteiger partial charge in [-0.3, -0.25) is 9.59 Å². The number of carbonyl (C=O) groups excluding carboxylic acids is 4. The molecule has 4 unspecified atom stereocenters. The minimum absolute atomic E-state index is 0. The summed E-state index contributed by atoms with van der Waals surface area (Å²) in [5, 5.41) is 21.1. The molecule has 0 aromatic heterocycles.